The molecule has 0 amide bonds. The van der Waals surface area contributed by atoms with Crippen molar-refractivity contribution in [2.75, 3.05) is 24.3 Å². The van der Waals surface area contributed by atoms with Crippen LogP contribution in [0.25, 0.3) is 0 Å². The fourth-order valence-corrected chi connectivity index (χ4v) is 2.58. The second-order valence-electron chi connectivity index (χ2n) is 5.76. The third-order valence-corrected chi connectivity index (χ3v) is 3.93. The standard InChI is InChI=1S/C20H20N4O3/c1-27-17-5-3-2-4-14(17)10-12-21-20-22-13-11-18(24-20)23-16-8-6-15(7-9-16)19(25)26/h2-9,11,13H,10,12H2,1H3,(H,25,26)(H2,21,22,23,24). The molecule has 0 spiro atoms. The quantitative estimate of drug-likeness (QED) is 0.562. The molecule has 0 aliphatic rings. The molecule has 3 N–H and O–H groups in total. The minimum absolute atomic E-state index is 0.238. The number of para-hydroxylation sites is 1. The minimum Gasteiger partial charge on any atom is -0.496 e. The molecule has 0 atom stereocenters. The van der Waals surface area contributed by atoms with Crippen molar-refractivity contribution in [3.8, 4) is 5.75 Å². The number of ether oxygens (including phenoxy) is 1. The van der Waals surface area contributed by atoms with Crippen molar-refractivity contribution in [1.29, 1.82) is 0 Å². The molecule has 0 radical (unpaired) electrons. The molecular formula is C20H20N4O3. The van der Waals surface area contributed by atoms with E-state index in [1.165, 1.54) is 12.1 Å². The highest BCUT2D eigenvalue weighted by molar-refractivity contribution is 5.88. The van der Waals surface area contributed by atoms with Gasteiger partial charge in [0.2, 0.25) is 5.95 Å². The summed E-state index contributed by atoms with van der Waals surface area (Å²) in [6.07, 6.45) is 2.44. The zero-order valence-electron chi connectivity index (χ0n) is 14.8. The molecule has 0 bridgehead atoms. The maximum atomic E-state index is 10.9. The Bertz CT molecular complexity index is 913. The molecule has 0 saturated carbocycles. The average Bonchev–Trinajstić information content (AvgIpc) is 2.69. The Kier molecular flexibility index (Phi) is 5.84. The molecule has 0 fully saturated rings. The molecule has 7 heteroatoms. The Labute approximate surface area is 157 Å². The van der Waals surface area contributed by atoms with Gasteiger partial charge in [0.1, 0.15) is 11.6 Å². The zero-order valence-corrected chi connectivity index (χ0v) is 14.8. The maximum Gasteiger partial charge on any atom is 0.335 e. The molecule has 0 aliphatic carbocycles. The minimum atomic E-state index is -0.954. The molecular weight excluding hydrogens is 344 g/mol. The Hall–Kier alpha value is -3.61. The van der Waals surface area contributed by atoms with Gasteiger partial charge in [-0.25, -0.2) is 9.78 Å². The first kappa shape index (κ1) is 18.2. The normalized spacial score (nSPS) is 10.3. The molecule has 0 aliphatic heterocycles. The first-order valence-corrected chi connectivity index (χ1v) is 8.45. The van der Waals surface area contributed by atoms with E-state index in [4.69, 9.17) is 9.84 Å². The molecule has 27 heavy (non-hydrogen) atoms. The Morgan fingerprint density at radius 2 is 1.89 bits per heavy atom. The van der Waals surface area contributed by atoms with Crippen LogP contribution in [0.4, 0.5) is 17.5 Å². The first-order chi connectivity index (χ1) is 13.2. The highest BCUT2D eigenvalue weighted by Gasteiger charge is 2.05. The van der Waals surface area contributed by atoms with Crippen LogP contribution >= 0.6 is 0 Å². The topological polar surface area (TPSA) is 96.4 Å². The fraction of sp³-hybridized carbons (Fsp3) is 0.150. The summed E-state index contributed by atoms with van der Waals surface area (Å²) in [5, 5.41) is 15.3. The van der Waals surface area contributed by atoms with Crippen LogP contribution in [-0.4, -0.2) is 34.7 Å². The van der Waals surface area contributed by atoms with E-state index >= 15 is 0 Å². The number of rotatable bonds is 8. The summed E-state index contributed by atoms with van der Waals surface area (Å²) in [4.78, 5) is 19.5. The van der Waals surface area contributed by atoms with Gasteiger partial charge in [-0.05, 0) is 48.4 Å². The van der Waals surface area contributed by atoms with Crippen LogP contribution in [-0.2, 0) is 6.42 Å². The number of aromatic carboxylic acids is 1. The van der Waals surface area contributed by atoms with Crippen LogP contribution in [0.5, 0.6) is 5.75 Å². The van der Waals surface area contributed by atoms with Crippen molar-refractivity contribution in [1.82, 2.24) is 9.97 Å². The number of aromatic nitrogens is 2. The van der Waals surface area contributed by atoms with Gasteiger partial charge in [-0.1, -0.05) is 18.2 Å². The number of nitrogens with zero attached hydrogens (tertiary/aromatic N) is 2. The molecule has 3 aromatic rings. The monoisotopic (exact) mass is 364 g/mol. The lowest BCUT2D eigenvalue weighted by Gasteiger charge is -2.10. The predicted octanol–water partition coefficient (Wildman–Crippen LogP) is 3.58. The summed E-state index contributed by atoms with van der Waals surface area (Å²) in [5.74, 6) is 1.04. The number of benzene rings is 2. The highest BCUT2D eigenvalue weighted by atomic mass is 16.5. The summed E-state index contributed by atoms with van der Waals surface area (Å²) in [5.41, 5.74) is 2.10. The van der Waals surface area contributed by atoms with Crippen molar-refractivity contribution < 1.29 is 14.6 Å². The SMILES string of the molecule is COc1ccccc1CCNc1nccc(Nc2ccc(C(=O)O)cc2)n1. The van der Waals surface area contributed by atoms with Crippen molar-refractivity contribution in [3.05, 3.63) is 71.9 Å². The Balaban J connectivity index is 1.59. The van der Waals surface area contributed by atoms with Crippen LogP contribution in [0.1, 0.15) is 15.9 Å². The van der Waals surface area contributed by atoms with Crippen molar-refractivity contribution >= 4 is 23.4 Å². The third-order valence-electron chi connectivity index (χ3n) is 3.93. The van der Waals surface area contributed by atoms with E-state index in [0.717, 1.165) is 23.4 Å². The van der Waals surface area contributed by atoms with Crippen LogP contribution in [0, 0.1) is 0 Å². The van der Waals surface area contributed by atoms with Gasteiger partial charge >= 0.3 is 5.97 Å². The molecule has 3 rings (SSSR count). The van der Waals surface area contributed by atoms with Gasteiger partial charge in [0.25, 0.3) is 0 Å². The first-order valence-electron chi connectivity index (χ1n) is 8.45. The van der Waals surface area contributed by atoms with E-state index in [2.05, 4.69) is 20.6 Å². The van der Waals surface area contributed by atoms with Gasteiger partial charge < -0.3 is 20.5 Å². The van der Waals surface area contributed by atoms with Crippen molar-refractivity contribution in [2.24, 2.45) is 0 Å². The summed E-state index contributed by atoms with van der Waals surface area (Å²) in [6, 6.07) is 16.1. The van der Waals surface area contributed by atoms with Gasteiger partial charge in [0.05, 0.1) is 12.7 Å². The maximum absolute atomic E-state index is 10.9. The van der Waals surface area contributed by atoms with Crippen LogP contribution in [0.2, 0.25) is 0 Å². The number of methoxy groups -OCH3 is 1. The lowest BCUT2D eigenvalue weighted by atomic mass is 10.1. The van der Waals surface area contributed by atoms with E-state index < -0.39 is 5.97 Å². The van der Waals surface area contributed by atoms with E-state index in [1.54, 1.807) is 31.5 Å². The van der Waals surface area contributed by atoms with Gasteiger partial charge in [-0.2, -0.15) is 4.98 Å². The number of carboxylic acids is 1. The second kappa shape index (κ2) is 8.66. The largest absolute Gasteiger partial charge is 0.496 e. The molecule has 1 aromatic heterocycles. The summed E-state index contributed by atoms with van der Waals surface area (Å²) in [7, 11) is 1.66. The molecule has 1 heterocycles. The zero-order chi connectivity index (χ0) is 19.1. The third kappa shape index (κ3) is 4.94. The molecule has 0 unspecified atom stereocenters. The summed E-state index contributed by atoms with van der Waals surface area (Å²) >= 11 is 0. The van der Waals surface area contributed by atoms with Gasteiger partial charge in [0.15, 0.2) is 0 Å². The van der Waals surface area contributed by atoms with Gasteiger partial charge in [-0.15, -0.1) is 0 Å². The van der Waals surface area contributed by atoms with Crippen LogP contribution in [0.3, 0.4) is 0 Å². The van der Waals surface area contributed by atoms with Crippen molar-refractivity contribution in [2.45, 2.75) is 6.42 Å². The Morgan fingerprint density at radius 1 is 1.11 bits per heavy atom. The van der Waals surface area contributed by atoms with Crippen LogP contribution in [0.15, 0.2) is 60.8 Å². The molecule has 2 aromatic carbocycles. The van der Waals surface area contributed by atoms with Crippen LogP contribution < -0.4 is 15.4 Å². The number of carboxylic acid groups (broad SMARTS) is 1. The molecule has 138 valence electrons. The number of carbonyl (C=O) groups is 1. The van der Waals surface area contributed by atoms with E-state index in [1.807, 2.05) is 24.3 Å². The smallest absolute Gasteiger partial charge is 0.335 e. The van der Waals surface area contributed by atoms with Crippen molar-refractivity contribution in [3.63, 3.8) is 0 Å². The lowest BCUT2D eigenvalue weighted by molar-refractivity contribution is 0.0697. The predicted molar refractivity (Wildman–Crippen MR) is 104 cm³/mol. The van der Waals surface area contributed by atoms with E-state index in [9.17, 15) is 4.79 Å². The van der Waals surface area contributed by atoms with E-state index in [0.29, 0.717) is 18.3 Å². The number of hydrogen-bond donors (Lipinski definition) is 3. The summed E-state index contributed by atoms with van der Waals surface area (Å²) < 4.78 is 5.35. The van der Waals surface area contributed by atoms with E-state index in [-0.39, 0.29) is 5.56 Å². The average molecular weight is 364 g/mol. The number of hydrogen-bond acceptors (Lipinski definition) is 6. The fourth-order valence-electron chi connectivity index (χ4n) is 2.58. The number of nitrogens with one attached hydrogen (secondary N) is 2. The lowest BCUT2D eigenvalue weighted by Crippen LogP contribution is -2.09. The number of anilines is 3. The Morgan fingerprint density at radius 3 is 2.63 bits per heavy atom. The highest BCUT2D eigenvalue weighted by Crippen LogP contribution is 2.18. The second-order valence-corrected chi connectivity index (χ2v) is 5.76. The summed E-state index contributed by atoms with van der Waals surface area (Å²) in [6.45, 7) is 0.664. The van der Waals surface area contributed by atoms with Gasteiger partial charge in [0, 0.05) is 18.4 Å². The van der Waals surface area contributed by atoms with Gasteiger partial charge in [-0.3, -0.25) is 0 Å². The molecule has 0 saturated heterocycles. The molecule has 7 nitrogen and oxygen atoms in total.